The number of hydrogen-bond donors (Lipinski definition) is 2. The molecule has 1 amide bonds. The molecule has 1 aromatic rings. The van der Waals surface area contributed by atoms with Crippen molar-refractivity contribution in [2.75, 3.05) is 13.7 Å². The summed E-state index contributed by atoms with van der Waals surface area (Å²) in [5, 5.41) is 7.63. The molecule has 150 valence electrons. The molecule has 1 atom stereocenters. The van der Waals surface area contributed by atoms with Crippen LogP contribution in [0.5, 0.6) is 0 Å². The highest BCUT2D eigenvalue weighted by atomic mass is 35.5. The molecule has 0 bridgehead atoms. The van der Waals surface area contributed by atoms with Crippen molar-refractivity contribution in [3.8, 4) is 0 Å². The van der Waals surface area contributed by atoms with Gasteiger partial charge in [-0.15, -0.1) is 24.8 Å². The topological polar surface area (TPSA) is 95.1 Å². The summed E-state index contributed by atoms with van der Waals surface area (Å²) in [6, 6.07) is -0.0530. The van der Waals surface area contributed by atoms with Gasteiger partial charge in [-0.1, -0.05) is 19.3 Å². The molecule has 26 heavy (non-hydrogen) atoms. The number of aryl methyl sites for hydroxylation is 1. The lowest BCUT2D eigenvalue weighted by Gasteiger charge is -2.36. The van der Waals surface area contributed by atoms with Gasteiger partial charge in [-0.3, -0.25) is 4.79 Å². The monoisotopic (exact) mass is 407 g/mol. The molecule has 2 heterocycles. The quantitative estimate of drug-likeness (QED) is 0.754. The van der Waals surface area contributed by atoms with E-state index in [9.17, 15) is 4.79 Å². The molecule has 0 aromatic carbocycles. The molecule has 9 heteroatoms. The van der Waals surface area contributed by atoms with Gasteiger partial charge in [0.15, 0.2) is 5.82 Å². The Bertz CT molecular complexity index is 575. The SMILES string of the molecule is COCc1nc2n(n1)CCCC2NC(=O)CC1(CN)CCCCC1.Cl.Cl. The second-order valence-electron chi connectivity index (χ2n) is 7.25. The summed E-state index contributed by atoms with van der Waals surface area (Å²) in [4.78, 5) is 17.2. The lowest BCUT2D eigenvalue weighted by Crippen LogP contribution is -2.40. The van der Waals surface area contributed by atoms with Crippen molar-refractivity contribution in [1.29, 1.82) is 0 Å². The van der Waals surface area contributed by atoms with Gasteiger partial charge in [-0.05, 0) is 37.6 Å². The number of halogens is 2. The summed E-state index contributed by atoms with van der Waals surface area (Å²) in [6.45, 7) is 1.85. The van der Waals surface area contributed by atoms with Gasteiger partial charge >= 0.3 is 0 Å². The van der Waals surface area contributed by atoms with E-state index < -0.39 is 0 Å². The molecular formula is C17H31Cl2N5O2. The minimum atomic E-state index is -0.0530. The molecule has 2 aliphatic rings. The number of ether oxygens (including phenoxy) is 1. The molecular weight excluding hydrogens is 377 g/mol. The molecule has 0 spiro atoms. The number of fused-ring (bicyclic) bond motifs is 1. The van der Waals surface area contributed by atoms with Crippen molar-refractivity contribution in [1.82, 2.24) is 20.1 Å². The minimum Gasteiger partial charge on any atom is -0.377 e. The van der Waals surface area contributed by atoms with Gasteiger partial charge in [0.2, 0.25) is 5.91 Å². The Morgan fingerprint density at radius 3 is 2.69 bits per heavy atom. The van der Waals surface area contributed by atoms with E-state index in [1.165, 1.54) is 19.3 Å². The van der Waals surface area contributed by atoms with Crippen LogP contribution in [0.1, 0.15) is 69.1 Å². The van der Waals surface area contributed by atoms with Crippen molar-refractivity contribution >= 4 is 30.7 Å². The highest BCUT2D eigenvalue weighted by molar-refractivity contribution is 5.85. The molecule has 1 fully saturated rings. The van der Waals surface area contributed by atoms with Crippen LogP contribution in [-0.2, 0) is 22.7 Å². The minimum absolute atomic E-state index is 0. The standard InChI is InChI=1S/C17H29N5O2.2ClH/c1-24-11-14-20-16-13(6-5-9-22(16)21-14)19-15(23)10-17(12-18)7-3-2-4-8-17;;/h13H,2-12,18H2,1H3,(H,19,23);2*1H. The van der Waals surface area contributed by atoms with Gasteiger partial charge in [-0.2, -0.15) is 5.10 Å². The second-order valence-corrected chi connectivity index (χ2v) is 7.25. The lowest BCUT2D eigenvalue weighted by molar-refractivity contribution is -0.124. The largest absolute Gasteiger partial charge is 0.377 e. The van der Waals surface area contributed by atoms with Crippen molar-refractivity contribution in [2.24, 2.45) is 11.1 Å². The van der Waals surface area contributed by atoms with E-state index in [2.05, 4.69) is 15.4 Å². The Morgan fingerprint density at radius 1 is 1.31 bits per heavy atom. The van der Waals surface area contributed by atoms with Gasteiger partial charge in [0.1, 0.15) is 12.4 Å². The van der Waals surface area contributed by atoms with E-state index in [4.69, 9.17) is 10.5 Å². The number of carbonyl (C=O) groups is 1. The molecule has 1 saturated carbocycles. The molecule has 7 nitrogen and oxygen atoms in total. The maximum atomic E-state index is 12.6. The Balaban J connectivity index is 0.00000169. The number of nitrogens with zero attached hydrogens (tertiary/aromatic N) is 3. The van der Waals surface area contributed by atoms with Crippen LogP contribution in [0.25, 0.3) is 0 Å². The average molecular weight is 408 g/mol. The van der Waals surface area contributed by atoms with E-state index >= 15 is 0 Å². The fourth-order valence-electron chi connectivity index (χ4n) is 4.07. The molecule has 3 rings (SSSR count). The zero-order valence-corrected chi connectivity index (χ0v) is 17.0. The number of methoxy groups -OCH3 is 1. The van der Waals surface area contributed by atoms with Gasteiger partial charge in [0.05, 0.1) is 6.04 Å². The van der Waals surface area contributed by atoms with E-state index in [1.54, 1.807) is 7.11 Å². The van der Waals surface area contributed by atoms with Crippen LogP contribution in [-0.4, -0.2) is 34.3 Å². The van der Waals surface area contributed by atoms with Gasteiger partial charge < -0.3 is 15.8 Å². The first-order valence-corrected chi connectivity index (χ1v) is 9.08. The van der Waals surface area contributed by atoms with Crippen molar-refractivity contribution in [3.63, 3.8) is 0 Å². The summed E-state index contributed by atoms with van der Waals surface area (Å²) in [5.74, 6) is 1.63. The Morgan fingerprint density at radius 2 is 2.04 bits per heavy atom. The lowest BCUT2D eigenvalue weighted by atomic mass is 9.71. The first-order valence-electron chi connectivity index (χ1n) is 9.08. The summed E-state index contributed by atoms with van der Waals surface area (Å²) in [5.41, 5.74) is 6.00. The third kappa shape index (κ3) is 5.31. The van der Waals surface area contributed by atoms with Gasteiger partial charge in [0.25, 0.3) is 0 Å². The average Bonchev–Trinajstić information content (AvgIpc) is 3.00. The van der Waals surface area contributed by atoms with Gasteiger partial charge in [0, 0.05) is 20.1 Å². The highest BCUT2D eigenvalue weighted by Crippen LogP contribution is 2.38. The zero-order chi connectivity index (χ0) is 17.0. The molecule has 3 N–H and O–H groups in total. The normalized spacial score (nSPS) is 21.1. The number of hydrogen-bond acceptors (Lipinski definition) is 5. The number of aromatic nitrogens is 3. The third-order valence-corrected chi connectivity index (χ3v) is 5.41. The highest BCUT2D eigenvalue weighted by Gasteiger charge is 2.34. The van der Waals surface area contributed by atoms with E-state index in [1.807, 2.05) is 4.68 Å². The number of nitrogens with two attached hydrogens (primary N) is 1. The summed E-state index contributed by atoms with van der Waals surface area (Å²) in [6.07, 6.45) is 8.19. The fourth-order valence-corrected chi connectivity index (χ4v) is 4.07. The summed E-state index contributed by atoms with van der Waals surface area (Å²) < 4.78 is 7.02. The number of rotatable bonds is 6. The number of carbonyl (C=O) groups excluding carboxylic acids is 1. The van der Waals surface area contributed by atoms with Crippen LogP contribution >= 0.6 is 24.8 Å². The van der Waals surface area contributed by atoms with Crippen molar-refractivity contribution < 1.29 is 9.53 Å². The van der Waals surface area contributed by atoms with Crippen LogP contribution in [0.3, 0.4) is 0 Å². The predicted octanol–water partition coefficient (Wildman–Crippen LogP) is 2.52. The summed E-state index contributed by atoms with van der Waals surface area (Å²) >= 11 is 0. The van der Waals surface area contributed by atoms with Gasteiger partial charge in [-0.25, -0.2) is 9.67 Å². The number of amides is 1. The molecule has 0 radical (unpaired) electrons. The molecule has 1 aliphatic carbocycles. The van der Waals surface area contributed by atoms with Crippen LogP contribution in [0.4, 0.5) is 0 Å². The third-order valence-electron chi connectivity index (χ3n) is 5.41. The van der Waals surface area contributed by atoms with Crippen molar-refractivity contribution in [2.45, 2.75) is 70.6 Å². The van der Waals surface area contributed by atoms with E-state index in [0.717, 1.165) is 38.1 Å². The van der Waals surface area contributed by atoms with E-state index in [0.29, 0.717) is 25.4 Å². The van der Waals surface area contributed by atoms with E-state index in [-0.39, 0.29) is 42.2 Å². The molecule has 1 aromatic heterocycles. The molecule has 0 saturated heterocycles. The van der Waals surface area contributed by atoms with Crippen LogP contribution < -0.4 is 11.1 Å². The van der Waals surface area contributed by atoms with Crippen LogP contribution in [0.2, 0.25) is 0 Å². The first kappa shape index (κ1) is 23.1. The Labute approximate surface area is 167 Å². The second kappa shape index (κ2) is 10.4. The fraction of sp³-hybridized carbons (Fsp3) is 0.824. The maximum Gasteiger partial charge on any atom is 0.221 e. The smallest absolute Gasteiger partial charge is 0.221 e. The Kier molecular flexibility index (Phi) is 9.30. The zero-order valence-electron chi connectivity index (χ0n) is 15.4. The van der Waals surface area contributed by atoms with Crippen LogP contribution in [0, 0.1) is 5.41 Å². The predicted molar refractivity (Wildman–Crippen MR) is 105 cm³/mol. The van der Waals surface area contributed by atoms with Crippen LogP contribution in [0.15, 0.2) is 0 Å². The van der Waals surface area contributed by atoms with Crippen molar-refractivity contribution in [3.05, 3.63) is 11.6 Å². The Hall–Kier alpha value is -0.890. The molecule has 1 unspecified atom stereocenters. The molecule has 1 aliphatic heterocycles. The first-order chi connectivity index (χ1) is 11.7. The summed E-state index contributed by atoms with van der Waals surface area (Å²) in [7, 11) is 1.63. The number of nitrogens with one attached hydrogen (secondary N) is 1. The maximum absolute atomic E-state index is 12.6.